The Kier molecular flexibility index (Phi) is 5.81. The van der Waals surface area contributed by atoms with Crippen LogP contribution in [-0.4, -0.2) is 78.9 Å². The third-order valence-corrected chi connectivity index (χ3v) is 4.21. The standard InChI is InChI=1S/C14H25N3O4/c1-2-16-6-7-21-12(10-16)8-15-14(20)17-5-3-4-11(9-17)13(18)19/h11-12H,2-10H2,1H3,(H,15,20)(H,18,19)/t11-,12?/m0/s1. The first-order chi connectivity index (χ1) is 10.1. The molecule has 2 aliphatic rings. The van der Waals surface area contributed by atoms with Crippen molar-refractivity contribution in [2.24, 2.45) is 5.92 Å². The van der Waals surface area contributed by atoms with E-state index in [2.05, 4.69) is 17.1 Å². The average molecular weight is 299 g/mol. The first kappa shape index (κ1) is 16.0. The summed E-state index contributed by atoms with van der Waals surface area (Å²) < 4.78 is 5.64. The predicted molar refractivity (Wildman–Crippen MR) is 77.2 cm³/mol. The van der Waals surface area contributed by atoms with E-state index in [9.17, 15) is 9.59 Å². The minimum absolute atomic E-state index is 0.0164. The molecular weight excluding hydrogens is 274 g/mol. The highest BCUT2D eigenvalue weighted by Crippen LogP contribution is 2.16. The predicted octanol–water partition coefficient (Wildman–Crippen LogP) is 0.213. The van der Waals surface area contributed by atoms with Crippen LogP contribution < -0.4 is 5.32 Å². The number of aliphatic carboxylic acids is 1. The van der Waals surface area contributed by atoms with Gasteiger partial charge in [0.15, 0.2) is 0 Å². The third-order valence-electron chi connectivity index (χ3n) is 4.21. The summed E-state index contributed by atoms with van der Waals surface area (Å²) in [5.74, 6) is -1.26. The van der Waals surface area contributed by atoms with Gasteiger partial charge in [-0.15, -0.1) is 0 Å². The number of nitrogens with zero attached hydrogens (tertiary/aromatic N) is 2. The van der Waals surface area contributed by atoms with Gasteiger partial charge in [0.1, 0.15) is 0 Å². The van der Waals surface area contributed by atoms with E-state index in [1.807, 2.05) is 0 Å². The molecule has 2 aliphatic heterocycles. The monoisotopic (exact) mass is 299 g/mol. The van der Waals surface area contributed by atoms with Gasteiger partial charge >= 0.3 is 12.0 Å². The van der Waals surface area contributed by atoms with Crippen molar-refractivity contribution >= 4 is 12.0 Å². The number of likely N-dealkylation sites (N-methyl/N-ethyl adjacent to an activating group) is 1. The van der Waals surface area contributed by atoms with E-state index in [0.717, 1.165) is 26.1 Å². The average Bonchev–Trinajstić information content (AvgIpc) is 2.53. The van der Waals surface area contributed by atoms with Crippen LogP contribution in [0.1, 0.15) is 19.8 Å². The molecule has 2 rings (SSSR count). The Morgan fingerprint density at radius 3 is 2.86 bits per heavy atom. The zero-order chi connectivity index (χ0) is 15.2. The minimum atomic E-state index is -0.818. The molecule has 2 atom stereocenters. The number of ether oxygens (including phenoxy) is 1. The van der Waals surface area contributed by atoms with Crippen LogP contribution in [0.15, 0.2) is 0 Å². The normalized spacial score (nSPS) is 27.4. The number of carboxylic acids is 1. The highest BCUT2D eigenvalue weighted by atomic mass is 16.5. The summed E-state index contributed by atoms with van der Waals surface area (Å²) in [5, 5.41) is 11.9. The van der Waals surface area contributed by atoms with Crippen molar-refractivity contribution in [2.75, 3.05) is 45.9 Å². The van der Waals surface area contributed by atoms with Crippen LogP contribution >= 0.6 is 0 Å². The van der Waals surface area contributed by atoms with Crippen LogP contribution in [-0.2, 0) is 9.53 Å². The number of carbonyl (C=O) groups is 2. The molecule has 0 saturated carbocycles. The van der Waals surface area contributed by atoms with Crippen LogP contribution in [0, 0.1) is 5.92 Å². The maximum absolute atomic E-state index is 12.1. The van der Waals surface area contributed by atoms with Gasteiger partial charge in [0.05, 0.1) is 18.6 Å². The molecule has 1 unspecified atom stereocenters. The third kappa shape index (κ3) is 4.57. The lowest BCUT2D eigenvalue weighted by atomic mass is 9.99. The lowest BCUT2D eigenvalue weighted by molar-refractivity contribution is -0.143. The minimum Gasteiger partial charge on any atom is -0.481 e. The molecule has 2 amide bonds. The first-order valence-corrected chi connectivity index (χ1v) is 7.69. The van der Waals surface area contributed by atoms with E-state index in [0.29, 0.717) is 32.7 Å². The van der Waals surface area contributed by atoms with Crippen LogP contribution in [0.5, 0.6) is 0 Å². The van der Waals surface area contributed by atoms with Crippen LogP contribution in [0.25, 0.3) is 0 Å². The molecule has 0 aromatic carbocycles. The van der Waals surface area contributed by atoms with Gasteiger partial charge in [-0.3, -0.25) is 9.69 Å². The van der Waals surface area contributed by atoms with Crippen LogP contribution in [0.3, 0.4) is 0 Å². The van der Waals surface area contributed by atoms with Crippen molar-refractivity contribution in [3.05, 3.63) is 0 Å². The fourth-order valence-electron chi connectivity index (χ4n) is 2.87. The summed E-state index contributed by atoms with van der Waals surface area (Å²) in [6.45, 7) is 6.96. The molecule has 7 nitrogen and oxygen atoms in total. The lowest BCUT2D eigenvalue weighted by Gasteiger charge is -2.34. The number of piperidine rings is 1. The molecule has 0 aromatic heterocycles. The van der Waals surface area contributed by atoms with Gasteiger partial charge < -0.3 is 20.1 Å². The van der Waals surface area contributed by atoms with Gasteiger partial charge in [0, 0.05) is 32.7 Å². The Bertz CT molecular complexity index is 377. The SMILES string of the molecule is CCN1CCOC(CNC(=O)N2CCC[C@H](C(=O)O)C2)C1. The molecule has 2 heterocycles. The van der Waals surface area contributed by atoms with Crippen LogP contribution in [0.4, 0.5) is 4.79 Å². The number of likely N-dealkylation sites (tertiary alicyclic amines) is 1. The van der Waals surface area contributed by atoms with Crippen molar-refractivity contribution in [3.8, 4) is 0 Å². The molecule has 0 radical (unpaired) electrons. The largest absolute Gasteiger partial charge is 0.481 e. The number of morpholine rings is 1. The van der Waals surface area contributed by atoms with E-state index in [-0.39, 0.29) is 12.1 Å². The van der Waals surface area contributed by atoms with Crippen molar-refractivity contribution < 1.29 is 19.4 Å². The van der Waals surface area contributed by atoms with Gasteiger partial charge in [-0.1, -0.05) is 6.92 Å². The molecule has 21 heavy (non-hydrogen) atoms. The Balaban J connectivity index is 1.75. The quantitative estimate of drug-likeness (QED) is 0.775. The number of hydrogen-bond acceptors (Lipinski definition) is 4. The second kappa shape index (κ2) is 7.61. The van der Waals surface area contributed by atoms with Crippen molar-refractivity contribution in [1.29, 1.82) is 0 Å². The smallest absolute Gasteiger partial charge is 0.317 e. The molecule has 2 fully saturated rings. The highest BCUT2D eigenvalue weighted by molar-refractivity contribution is 5.76. The Labute approximate surface area is 125 Å². The van der Waals surface area contributed by atoms with Crippen LogP contribution in [0.2, 0.25) is 0 Å². The summed E-state index contributed by atoms with van der Waals surface area (Å²) in [5.41, 5.74) is 0. The number of nitrogens with one attached hydrogen (secondary N) is 1. The molecule has 0 aromatic rings. The highest BCUT2D eigenvalue weighted by Gasteiger charge is 2.28. The number of rotatable bonds is 4. The van der Waals surface area contributed by atoms with Gasteiger partial charge in [0.2, 0.25) is 0 Å². The van der Waals surface area contributed by atoms with E-state index < -0.39 is 11.9 Å². The van der Waals surface area contributed by atoms with Gasteiger partial charge in [-0.2, -0.15) is 0 Å². The van der Waals surface area contributed by atoms with Crippen molar-refractivity contribution in [1.82, 2.24) is 15.1 Å². The number of amides is 2. The Hall–Kier alpha value is -1.34. The van der Waals surface area contributed by atoms with E-state index in [4.69, 9.17) is 9.84 Å². The summed E-state index contributed by atoms with van der Waals surface area (Å²) in [6, 6.07) is -0.182. The molecule has 2 saturated heterocycles. The summed E-state index contributed by atoms with van der Waals surface area (Å²) >= 11 is 0. The van der Waals surface area contributed by atoms with Crippen molar-refractivity contribution in [3.63, 3.8) is 0 Å². The molecule has 0 bridgehead atoms. The van der Waals surface area contributed by atoms with Gasteiger partial charge in [0.25, 0.3) is 0 Å². The second-order valence-electron chi connectivity index (χ2n) is 5.70. The fraction of sp³-hybridized carbons (Fsp3) is 0.857. The van der Waals surface area contributed by atoms with Gasteiger partial charge in [-0.25, -0.2) is 4.79 Å². The lowest BCUT2D eigenvalue weighted by Crippen LogP contribution is -2.51. The Morgan fingerprint density at radius 1 is 1.33 bits per heavy atom. The van der Waals surface area contributed by atoms with E-state index in [1.54, 1.807) is 4.90 Å². The van der Waals surface area contributed by atoms with E-state index in [1.165, 1.54) is 0 Å². The molecular formula is C14H25N3O4. The number of hydrogen-bond donors (Lipinski definition) is 2. The number of urea groups is 1. The number of carboxylic acid groups (broad SMARTS) is 1. The second-order valence-corrected chi connectivity index (χ2v) is 5.70. The molecule has 2 N–H and O–H groups in total. The molecule has 120 valence electrons. The van der Waals surface area contributed by atoms with E-state index >= 15 is 0 Å². The topological polar surface area (TPSA) is 82.1 Å². The zero-order valence-electron chi connectivity index (χ0n) is 12.6. The Morgan fingerprint density at radius 2 is 2.14 bits per heavy atom. The van der Waals surface area contributed by atoms with Gasteiger partial charge in [-0.05, 0) is 19.4 Å². The summed E-state index contributed by atoms with van der Waals surface area (Å²) in [4.78, 5) is 27.0. The molecule has 7 heteroatoms. The maximum Gasteiger partial charge on any atom is 0.317 e. The number of carbonyl (C=O) groups excluding carboxylic acids is 1. The molecule has 0 spiro atoms. The summed E-state index contributed by atoms with van der Waals surface area (Å²) in [6.07, 6.45) is 1.41. The first-order valence-electron chi connectivity index (χ1n) is 7.69. The zero-order valence-corrected chi connectivity index (χ0v) is 12.6. The summed E-state index contributed by atoms with van der Waals surface area (Å²) in [7, 11) is 0. The van der Waals surface area contributed by atoms with Crippen molar-refractivity contribution in [2.45, 2.75) is 25.9 Å². The maximum atomic E-state index is 12.1. The molecule has 0 aliphatic carbocycles. The fourth-order valence-corrected chi connectivity index (χ4v) is 2.87.